The molecule has 0 aliphatic heterocycles. The van der Waals surface area contributed by atoms with Crippen molar-refractivity contribution in [3.05, 3.63) is 30.4 Å². The van der Waals surface area contributed by atoms with Crippen LogP contribution in [0.5, 0.6) is 17.2 Å². The minimum atomic E-state index is -0.829. The first kappa shape index (κ1) is 16.6. The van der Waals surface area contributed by atoms with E-state index < -0.39 is 11.9 Å². The van der Waals surface area contributed by atoms with Crippen molar-refractivity contribution < 1.29 is 28.5 Å². The van der Waals surface area contributed by atoms with Gasteiger partial charge in [0.1, 0.15) is 0 Å². The van der Waals surface area contributed by atoms with Crippen molar-refractivity contribution >= 4 is 11.9 Å². The van der Waals surface area contributed by atoms with Crippen LogP contribution >= 0.6 is 0 Å². The molecule has 0 spiro atoms. The van der Waals surface area contributed by atoms with Gasteiger partial charge in [-0.25, -0.2) is 9.59 Å². The van der Waals surface area contributed by atoms with Gasteiger partial charge in [-0.3, -0.25) is 0 Å². The summed E-state index contributed by atoms with van der Waals surface area (Å²) in [5, 5.41) is 0. The van der Waals surface area contributed by atoms with Crippen molar-refractivity contribution in [1.82, 2.24) is 0 Å². The number of rotatable bonds is 7. The second kappa shape index (κ2) is 7.94. The Kier molecular flexibility index (Phi) is 6.26. The van der Waals surface area contributed by atoms with E-state index >= 15 is 0 Å². The molecular formula is C15H18O6. The van der Waals surface area contributed by atoms with Crippen LogP contribution in [-0.2, 0) is 9.53 Å². The molecule has 114 valence electrons. The Hall–Kier alpha value is -2.50. The molecule has 21 heavy (non-hydrogen) atoms. The number of ether oxygens (including phenoxy) is 4. The number of carbonyl (C=O) groups excluding carboxylic acids is 2. The fourth-order valence-corrected chi connectivity index (χ4v) is 1.54. The molecule has 6 nitrogen and oxygen atoms in total. The van der Waals surface area contributed by atoms with Gasteiger partial charge in [0, 0.05) is 6.08 Å². The minimum absolute atomic E-state index is 0.114. The highest BCUT2D eigenvalue weighted by atomic mass is 16.6. The quantitative estimate of drug-likeness (QED) is 0.437. The van der Waals surface area contributed by atoms with E-state index in [-0.39, 0.29) is 5.56 Å². The van der Waals surface area contributed by atoms with Gasteiger partial charge in [-0.1, -0.05) is 13.5 Å². The van der Waals surface area contributed by atoms with Crippen LogP contribution in [0.1, 0.15) is 23.7 Å². The zero-order valence-electron chi connectivity index (χ0n) is 12.3. The largest absolute Gasteiger partial charge is 0.493 e. The summed E-state index contributed by atoms with van der Waals surface area (Å²) in [5.41, 5.74) is 0.114. The lowest BCUT2D eigenvalue weighted by molar-refractivity contribution is -0.132. The molecule has 0 aliphatic carbocycles. The molecule has 0 saturated carbocycles. The van der Waals surface area contributed by atoms with Crippen molar-refractivity contribution in [3.8, 4) is 17.2 Å². The highest BCUT2D eigenvalue weighted by Crippen LogP contribution is 2.38. The predicted octanol–water partition coefficient (Wildman–Crippen LogP) is 2.36. The molecule has 0 aromatic heterocycles. The summed E-state index contributed by atoms with van der Waals surface area (Å²) in [6.07, 6.45) is 1.72. The molecule has 6 heteroatoms. The highest BCUT2D eigenvalue weighted by molar-refractivity contribution is 6.00. The lowest BCUT2D eigenvalue weighted by Gasteiger charge is -2.15. The number of methoxy groups -OCH3 is 2. The molecule has 0 aliphatic rings. The first-order valence-corrected chi connectivity index (χ1v) is 6.34. The molecule has 0 radical (unpaired) electrons. The average molecular weight is 294 g/mol. The van der Waals surface area contributed by atoms with Crippen LogP contribution in [0.15, 0.2) is 24.8 Å². The van der Waals surface area contributed by atoms with Crippen molar-refractivity contribution in [2.24, 2.45) is 0 Å². The topological polar surface area (TPSA) is 71.1 Å². The lowest BCUT2D eigenvalue weighted by atomic mass is 10.2. The fraction of sp³-hybridized carbons (Fsp3) is 0.333. The van der Waals surface area contributed by atoms with Gasteiger partial charge in [0.15, 0.2) is 11.5 Å². The summed E-state index contributed by atoms with van der Waals surface area (Å²) >= 11 is 0. The van der Waals surface area contributed by atoms with Gasteiger partial charge in [0.2, 0.25) is 5.75 Å². The molecule has 1 rings (SSSR count). The molecule has 0 fully saturated rings. The van der Waals surface area contributed by atoms with E-state index in [1.807, 2.05) is 6.92 Å². The summed E-state index contributed by atoms with van der Waals surface area (Å²) in [6.45, 7) is 5.67. The molecule has 0 unspecified atom stereocenters. The summed E-state index contributed by atoms with van der Waals surface area (Å²) in [4.78, 5) is 22.9. The summed E-state index contributed by atoms with van der Waals surface area (Å²) in [5.74, 6) is -0.613. The van der Waals surface area contributed by atoms with Gasteiger partial charge >= 0.3 is 11.9 Å². The Balaban J connectivity index is 3.15. The van der Waals surface area contributed by atoms with Crippen LogP contribution < -0.4 is 14.2 Å². The maximum atomic E-state index is 11.8. The zero-order valence-corrected chi connectivity index (χ0v) is 12.3. The summed E-state index contributed by atoms with van der Waals surface area (Å²) < 4.78 is 20.5. The Bertz CT molecular complexity index is 510. The third-order valence-corrected chi connectivity index (χ3v) is 2.51. The maximum Gasteiger partial charge on any atom is 0.346 e. The van der Waals surface area contributed by atoms with E-state index in [4.69, 9.17) is 14.2 Å². The average Bonchev–Trinajstić information content (AvgIpc) is 2.51. The molecule has 0 atom stereocenters. The number of esters is 2. The minimum Gasteiger partial charge on any atom is -0.493 e. The smallest absolute Gasteiger partial charge is 0.346 e. The number of benzene rings is 1. The van der Waals surface area contributed by atoms with Crippen LogP contribution in [0.4, 0.5) is 0 Å². The monoisotopic (exact) mass is 294 g/mol. The van der Waals surface area contributed by atoms with E-state index in [0.717, 1.165) is 12.5 Å². The van der Waals surface area contributed by atoms with Crippen LogP contribution in [-0.4, -0.2) is 32.8 Å². The second-order valence-corrected chi connectivity index (χ2v) is 3.97. The second-order valence-electron chi connectivity index (χ2n) is 3.97. The number of carbonyl (C=O) groups is 2. The first-order chi connectivity index (χ1) is 10.1. The Morgan fingerprint density at radius 1 is 1.19 bits per heavy atom. The van der Waals surface area contributed by atoms with E-state index in [0.29, 0.717) is 23.9 Å². The first-order valence-electron chi connectivity index (χ1n) is 6.34. The van der Waals surface area contributed by atoms with Crippen LogP contribution in [0, 0.1) is 0 Å². The van der Waals surface area contributed by atoms with Crippen LogP contribution in [0.2, 0.25) is 0 Å². The molecule has 0 N–H and O–H groups in total. The molecule has 1 aromatic carbocycles. The van der Waals surface area contributed by atoms with Crippen molar-refractivity contribution in [1.29, 1.82) is 0 Å². The third-order valence-electron chi connectivity index (χ3n) is 2.51. The third kappa shape index (κ3) is 4.24. The molecule has 0 heterocycles. The maximum absolute atomic E-state index is 11.8. The Labute approximate surface area is 123 Å². The van der Waals surface area contributed by atoms with E-state index in [2.05, 4.69) is 11.3 Å². The Morgan fingerprint density at radius 3 is 2.19 bits per heavy atom. The van der Waals surface area contributed by atoms with Gasteiger partial charge in [0.25, 0.3) is 0 Å². The van der Waals surface area contributed by atoms with Gasteiger partial charge in [-0.05, 0) is 18.6 Å². The van der Waals surface area contributed by atoms with Crippen LogP contribution in [0.3, 0.4) is 0 Å². The van der Waals surface area contributed by atoms with Crippen LogP contribution in [0.25, 0.3) is 0 Å². The number of hydrogen-bond acceptors (Lipinski definition) is 6. The van der Waals surface area contributed by atoms with E-state index in [1.165, 1.54) is 26.4 Å². The normalized spacial score (nSPS) is 9.67. The van der Waals surface area contributed by atoms with Gasteiger partial charge in [-0.2, -0.15) is 0 Å². The highest BCUT2D eigenvalue weighted by Gasteiger charge is 2.19. The summed E-state index contributed by atoms with van der Waals surface area (Å²) in [6, 6.07) is 2.85. The molecule has 0 amide bonds. The fourth-order valence-electron chi connectivity index (χ4n) is 1.54. The molecule has 0 saturated heterocycles. The van der Waals surface area contributed by atoms with Gasteiger partial charge in [-0.15, -0.1) is 0 Å². The number of hydrogen-bond donors (Lipinski definition) is 0. The van der Waals surface area contributed by atoms with Crippen molar-refractivity contribution in [3.63, 3.8) is 0 Å². The van der Waals surface area contributed by atoms with E-state index in [1.54, 1.807) is 0 Å². The molecular weight excluding hydrogens is 276 g/mol. The Morgan fingerprint density at radius 2 is 1.76 bits per heavy atom. The molecule has 0 bridgehead atoms. The zero-order chi connectivity index (χ0) is 15.8. The van der Waals surface area contributed by atoms with E-state index in [9.17, 15) is 9.59 Å². The standard InChI is InChI=1S/C15H18O6/c1-5-7-20-14-11(18-3)8-10(9-12(14)19-4)15(17)21-13(16)6-2/h6,8-9H,2,5,7H2,1,3-4H3. The van der Waals surface area contributed by atoms with Crippen molar-refractivity contribution in [2.45, 2.75) is 13.3 Å². The SMILES string of the molecule is C=CC(=O)OC(=O)c1cc(OC)c(OCCC)c(OC)c1. The lowest BCUT2D eigenvalue weighted by Crippen LogP contribution is -2.11. The van der Waals surface area contributed by atoms with Crippen molar-refractivity contribution in [2.75, 3.05) is 20.8 Å². The van der Waals surface area contributed by atoms with Gasteiger partial charge < -0.3 is 18.9 Å². The molecule has 1 aromatic rings. The van der Waals surface area contributed by atoms with Gasteiger partial charge in [0.05, 0.1) is 26.4 Å². The summed E-state index contributed by atoms with van der Waals surface area (Å²) in [7, 11) is 2.88. The predicted molar refractivity (Wildman–Crippen MR) is 76.0 cm³/mol.